The molecule has 0 aliphatic rings. The van der Waals surface area contributed by atoms with Gasteiger partial charge in [-0.05, 0) is 49.6 Å². The summed E-state index contributed by atoms with van der Waals surface area (Å²) in [5.41, 5.74) is 4.79. The Morgan fingerprint density at radius 3 is 2.36 bits per heavy atom. The number of H-pyrrole nitrogens is 1. The van der Waals surface area contributed by atoms with Crippen LogP contribution in [0.15, 0.2) is 79.0 Å². The van der Waals surface area contributed by atoms with Gasteiger partial charge < -0.3 is 24.3 Å². The zero-order chi connectivity index (χ0) is 27.6. The van der Waals surface area contributed by atoms with Gasteiger partial charge in [0.05, 0.1) is 7.11 Å². The number of aromatic nitrogens is 1. The molecule has 3 aromatic carbocycles. The van der Waals surface area contributed by atoms with Crippen molar-refractivity contribution < 1.29 is 19.1 Å². The monoisotopic (exact) mass is 527 g/mol. The summed E-state index contributed by atoms with van der Waals surface area (Å²) >= 11 is 0. The SMILES string of the molecule is COCCCN(CC(=O)N(CCc1c[nH]c2ccccc12)Cc1ccccc1OC)C(=O)c1ccc(C)cc1. The Balaban J connectivity index is 1.56. The van der Waals surface area contributed by atoms with Gasteiger partial charge in [0.2, 0.25) is 5.91 Å². The number of para-hydroxylation sites is 2. The number of hydrogen-bond donors (Lipinski definition) is 1. The van der Waals surface area contributed by atoms with E-state index in [1.165, 1.54) is 0 Å². The Labute approximate surface area is 230 Å². The summed E-state index contributed by atoms with van der Waals surface area (Å²) in [6, 6.07) is 23.3. The topological polar surface area (TPSA) is 74.9 Å². The number of aromatic amines is 1. The zero-order valence-corrected chi connectivity index (χ0v) is 23.0. The molecule has 0 saturated heterocycles. The van der Waals surface area contributed by atoms with Crippen LogP contribution in [0.4, 0.5) is 0 Å². The number of aryl methyl sites for hydroxylation is 1. The van der Waals surface area contributed by atoms with E-state index in [0.717, 1.165) is 33.3 Å². The Kier molecular flexibility index (Phi) is 9.75. The average molecular weight is 528 g/mol. The van der Waals surface area contributed by atoms with Gasteiger partial charge in [0.25, 0.3) is 5.91 Å². The molecular formula is C32H37N3O4. The number of nitrogens with one attached hydrogen (secondary N) is 1. The number of hydrogen-bond acceptors (Lipinski definition) is 4. The first-order valence-corrected chi connectivity index (χ1v) is 13.3. The lowest BCUT2D eigenvalue weighted by atomic mass is 10.1. The summed E-state index contributed by atoms with van der Waals surface area (Å²) in [5.74, 6) is 0.460. The highest BCUT2D eigenvalue weighted by Gasteiger charge is 2.23. The highest BCUT2D eigenvalue weighted by molar-refractivity contribution is 5.96. The fraction of sp³-hybridized carbons (Fsp3) is 0.312. The molecule has 204 valence electrons. The van der Waals surface area contributed by atoms with Crippen molar-refractivity contribution in [2.45, 2.75) is 26.3 Å². The number of nitrogens with zero attached hydrogens (tertiary/aromatic N) is 2. The fourth-order valence-electron chi connectivity index (χ4n) is 4.72. The molecule has 0 radical (unpaired) electrons. The van der Waals surface area contributed by atoms with Crippen molar-refractivity contribution >= 4 is 22.7 Å². The molecule has 7 nitrogen and oxygen atoms in total. The summed E-state index contributed by atoms with van der Waals surface area (Å²) < 4.78 is 10.8. The van der Waals surface area contributed by atoms with Crippen LogP contribution in [-0.2, 0) is 22.5 Å². The first kappa shape index (κ1) is 27.9. The fourth-order valence-corrected chi connectivity index (χ4v) is 4.72. The Hall–Kier alpha value is -4.10. The minimum absolute atomic E-state index is 0.0144. The van der Waals surface area contributed by atoms with Gasteiger partial charge in [-0.25, -0.2) is 0 Å². The average Bonchev–Trinajstić information content (AvgIpc) is 3.38. The molecule has 0 bridgehead atoms. The molecule has 1 N–H and O–H groups in total. The van der Waals surface area contributed by atoms with Gasteiger partial charge in [-0.3, -0.25) is 9.59 Å². The zero-order valence-electron chi connectivity index (χ0n) is 23.0. The molecule has 4 rings (SSSR count). The second-order valence-electron chi connectivity index (χ2n) is 9.68. The summed E-state index contributed by atoms with van der Waals surface area (Å²) in [6.45, 7) is 3.80. The maximum absolute atomic E-state index is 13.9. The molecule has 39 heavy (non-hydrogen) atoms. The van der Waals surface area contributed by atoms with Gasteiger partial charge in [-0.1, -0.05) is 54.1 Å². The minimum atomic E-state index is -0.159. The smallest absolute Gasteiger partial charge is 0.254 e. The van der Waals surface area contributed by atoms with E-state index in [1.54, 1.807) is 19.1 Å². The van der Waals surface area contributed by atoms with Gasteiger partial charge in [-0.15, -0.1) is 0 Å². The van der Waals surface area contributed by atoms with Crippen LogP contribution < -0.4 is 4.74 Å². The number of carbonyl (C=O) groups is 2. The molecule has 1 aromatic heterocycles. The van der Waals surface area contributed by atoms with Crippen molar-refractivity contribution in [1.29, 1.82) is 0 Å². The lowest BCUT2D eigenvalue weighted by Crippen LogP contribution is -2.44. The predicted molar refractivity (Wildman–Crippen MR) is 154 cm³/mol. The van der Waals surface area contributed by atoms with Gasteiger partial charge in [-0.2, -0.15) is 0 Å². The molecule has 0 saturated carbocycles. The highest BCUT2D eigenvalue weighted by Crippen LogP contribution is 2.22. The Bertz CT molecular complexity index is 1380. The molecule has 7 heteroatoms. The van der Waals surface area contributed by atoms with E-state index in [2.05, 4.69) is 11.1 Å². The van der Waals surface area contributed by atoms with Crippen LogP contribution in [0.1, 0.15) is 33.5 Å². The molecular weight excluding hydrogens is 490 g/mol. The Morgan fingerprint density at radius 1 is 0.846 bits per heavy atom. The van der Waals surface area contributed by atoms with E-state index in [1.807, 2.05) is 84.8 Å². The van der Waals surface area contributed by atoms with Crippen molar-refractivity contribution in [1.82, 2.24) is 14.8 Å². The number of carbonyl (C=O) groups excluding carboxylic acids is 2. The third-order valence-corrected chi connectivity index (χ3v) is 6.92. The minimum Gasteiger partial charge on any atom is -0.496 e. The summed E-state index contributed by atoms with van der Waals surface area (Å²) in [7, 11) is 3.27. The number of fused-ring (bicyclic) bond motifs is 1. The molecule has 0 aliphatic heterocycles. The van der Waals surface area contributed by atoms with Crippen LogP contribution in [0.25, 0.3) is 10.9 Å². The van der Waals surface area contributed by atoms with Crippen LogP contribution in [0.2, 0.25) is 0 Å². The quantitative estimate of drug-likeness (QED) is 0.242. The second kappa shape index (κ2) is 13.6. The van der Waals surface area contributed by atoms with Crippen molar-refractivity contribution in [3.63, 3.8) is 0 Å². The summed E-state index contributed by atoms with van der Waals surface area (Å²) in [6.07, 6.45) is 3.33. The van der Waals surface area contributed by atoms with Crippen LogP contribution >= 0.6 is 0 Å². The molecule has 1 heterocycles. The third kappa shape index (κ3) is 7.27. The largest absolute Gasteiger partial charge is 0.496 e. The molecule has 0 unspecified atom stereocenters. The van der Waals surface area contributed by atoms with E-state index in [0.29, 0.717) is 44.6 Å². The van der Waals surface area contributed by atoms with Crippen molar-refractivity contribution in [3.05, 3.63) is 101 Å². The van der Waals surface area contributed by atoms with Crippen molar-refractivity contribution in [3.8, 4) is 5.75 Å². The van der Waals surface area contributed by atoms with Gasteiger partial charge in [0.15, 0.2) is 0 Å². The first-order chi connectivity index (χ1) is 19.0. The molecule has 0 atom stereocenters. The third-order valence-electron chi connectivity index (χ3n) is 6.92. The van der Waals surface area contributed by atoms with Gasteiger partial charge in [0, 0.05) is 61.6 Å². The van der Waals surface area contributed by atoms with E-state index >= 15 is 0 Å². The van der Waals surface area contributed by atoms with Gasteiger partial charge >= 0.3 is 0 Å². The van der Waals surface area contributed by atoms with E-state index in [4.69, 9.17) is 9.47 Å². The molecule has 0 fully saturated rings. The summed E-state index contributed by atoms with van der Waals surface area (Å²) in [5, 5.41) is 1.15. The van der Waals surface area contributed by atoms with Gasteiger partial charge in [0.1, 0.15) is 12.3 Å². The lowest BCUT2D eigenvalue weighted by molar-refractivity contribution is -0.132. The van der Waals surface area contributed by atoms with E-state index in [9.17, 15) is 9.59 Å². The van der Waals surface area contributed by atoms with Crippen LogP contribution in [0.3, 0.4) is 0 Å². The number of benzene rings is 3. The number of methoxy groups -OCH3 is 2. The standard InChI is InChI=1S/C32H37N3O4/c1-24-13-15-25(16-14-24)32(37)35(18-8-20-38-2)23-31(36)34(22-27-9-4-7-12-30(27)39-3)19-17-26-21-33-29-11-6-5-10-28(26)29/h4-7,9-16,21,33H,8,17-20,22-23H2,1-3H3. The molecule has 0 aliphatic carbocycles. The molecule has 2 amide bonds. The van der Waals surface area contributed by atoms with E-state index < -0.39 is 0 Å². The maximum atomic E-state index is 13.9. The normalized spacial score (nSPS) is 10.9. The number of rotatable bonds is 13. The maximum Gasteiger partial charge on any atom is 0.254 e. The second-order valence-corrected chi connectivity index (χ2v) is 9.68. The Morgan fingerprint density at radius 2 is 1.59 bits per heavy atom. The van der Waals surface area contributed by atoms with Crippen molar-refractivity contribution in [2.24, 2.45) is 0 Å². The highest BCUT2D eigenvalue weighted by atomic mass is 16.5. The molecule has 0 spiro atoms. The summed E-state index contributed by atoms with van der Waals surface area (Å²) in [4.78, 5) is 34.1. The first-order valence-electron chi connectivity index (χ1n) is 13.3. The van der Waals surface area contributed by atoms with Crippen molar-refractivity contribution in [2.75, 3.05) is 40.5 Å². The number of ether oxygens (including phenoxy) is 2. The van der Waals surface area contributed by atoms with Crippen LogP contribution in [0.5, 0.6) is 5.75 Å². The number of amides is 2. The van der Waals surface area contributed by atoms with Crippen LogP contribution in [-0.4, -0.2) is 67.1 Å². The van der Waals surface area contributed by atoms with Crippen LogP contribution in [0, 0.1) is 6.92 Å². The lowest BCUT2D eigenvalue weighted by Gasteiger charge is -2.28. The molecule has 4 aromatic rings. The van der Waals surface area contributed by atoms with E-state index in [-0.39, 0.29) is 18.4 Å². The predicted octanol–water partition coefficient (Wildman–Crippen LogP) is 5.24.